The average Bonchev–Trinajstić information content (AvgIpc) is 2.73. The van der Waals surface area contributed by atoms with E-state index in [1.54, 1.807) is 58.0 Å². The first-order valence-electron chi connectivity index (χ1n) is 9.92. The number of sulfonamides is 1. The molecule has 1 N–H and O–H groups in total. The van der Waals surface area contributed by atoms with Crippen LogP contribution in [0.3, 0.4) is 0 Å². The Kier molecular flexibility index (Phi) is 8.61. The summed E-state index contributed by atoms with van der Waals surface area (Å²) < 4.78 is 31.9. The van der Waals surface area contributed by atoms with E-state index < -0.39 is 28.5 Å². The third-order valence-electron chi connectivity index (χ3n) is 4.85. The number of rotatable bonds is 9. The molecule has 0 fully saturated rings. The first-order chi connectivity index (χ1) is 14.6. The lowest BCUT2D eigenvalue weighted by Crippen LogP contribution is -2.31. The summed E-state index contributed by atoms with van der Waals surface area (Å²) in [4.78, 5) is 24.7. The third-order valence-corrected chi connectivity index (χ3v) is 7.15. The number of carbonyl (C=O) groups excluding carboxylic acids is 2. The van der Waals surface area contributed by atoms with Gasteiger partial charge in [0.1, 0.15) is 0 Å². The minimum Gasteiger partial charge on any atom is -0.452 e. The van der Waals surface area contributed by atoms with Gasteiger partial charge in [0.25, 0.3) is 5.91 Å². The predicted octanol–water partition coefficient (Wildman–Crippen LogP) is 3.71. The number of benzene rings is 2. The highest BCUT2D eigenvalue weighted by Crippen LogP contribution is 2.20. The Morgan fingerprint density at radius 3 is 2.29 bits per heavy atom. The van der Waals surface area contributed by atoms with Crippen molar-refractivity contribution in [2.45, 2.75) is 38.6 Å². The molecule has 2 rings (SSSR count). The van der Waals surface area contributed by atoms with Gasteiger partial charge in [-0.2, -0.15) is 4.31 Å². The van der Waals surface area contributed by atoms with Crippen LogP contribution < -0.4 is 5.32 Å². The van der Waals surface area contributed by atoms with Crippen LogP contribution in [0.5, 0.6) is 0 Å². The van der Waals surface area contributed by atoms with Crippen molar-refractivity contribution in [3.63, 3.8) is 0 Å². The number of amides is 1. The molecule has 2 aromatic carbocycles. The van der Waals surface area contributed by atoms with Gasteiger partial charge in [-0.1, -0.05) is 43.6 Å². The largest absolute Gasteiger partial charge is 0.452 e. The predicted molar refractivity (Wildman–Crippen MR) is 120 cm³/mol. The number of nitrogens with one attached hydrogen (secondary N) is 1. The van der Waals surface area contributed by atoms with Crippen LogP contribution in [-0.2, 0) is 19.6 Å². The molecule has 7 nitrogen and oxygen atoms in total. The molecule has 168 valence electrons. The molecule has 0 radical (unpaired) electrons. The van der Waals surface area contributed by atoms with E-state index in [1.165, 1.54) is 16.4 Å². The van der Waals surface area contributed by atoms with E-state index in [2.05, 4.69) is 5.32 Å². The van der Waals surface area contributed by atoms with Crippen molar-refractivity contribution in [2.75, 3.05) is 19.7 Å². The minimum atomic E-state index is -3.72. The summed E-state index contributed by atoms with van der Waals surface area (Å²) in [5.74, 6) is -1.23. The molecule has 0 aliphatic rings. The van der Waals surface area contributed by atoms with Crippen molar-refractivity contribution in [3.05, 3.63) is 64.2 Å². The van der Waals surface area contributed by atoms with E-state index in [4.69, 9.17) is 16.3 Å². The molecule has 0 heterocycles. The van der Waals surface area contributed by atoms with Gasteiger partial charge in [0.05, 0.1) is 16.5 Å². The quantitative estimate of drug-likeness (QED) is 0.568. The topological polar surface area (TPSA) is 92.8 Å². The fraction of sp³-hybridized carbons (Fsp3) is 0.364. The van der Waals surface area contributed by atoms with Crippen LogP contribution in [0.2, 0.25) is 5.02 Å². The number of hydrogen-bond acceptors (Lipinski definition) is 5. The summed E-state index contributed by atoms with van der Waals surface area (Å²) in [6.07, 6.45) is 0. The minimum absolute atomic E-state index is 0.00885. The molecule has 1 amide bonds. The smallest absolute Gasteiger partial charge is 0.338 e. The summed E-state index contributed by atoms with van der Waals surface area (Å²) in [6.45, 7) is 7.12. The second-order valence-corrected chi connectivity index (χ2v) is 9.36. The Labute approximate surface area is 188 Å². The lowest BCUT2D eigenvalue weighted by Gasteiger charge is -2.19. The van der Waals surface area contributed by atoms with Gasteiger partial charge in [-0.15, -0.1) is 0 Å². The molecule has 0 aromatic heterocycles. The Bertz CT molecular complexity index is 1030. The van der Waals surface area contributed by atoms with Gasteiger partial charge in [0, 0.05) is 18.1 Å². The van der Waals surface area contributed by atoms with Crippen LogP contribution in [0, 0.1) is 6.92 Å². The van der Waals surface area contributed by atoms with Crippen molar-refractivity contribution in [2.24, 2.45) is 0 Å². The van der Waals surface area contributed by atoms with Gasteiger partial charge in [-0.05, 0) is 49.2 Å². The number of ether oxygens (including phenoxy) is 1. The molecule has 1 atom stereocenters. The lowest BCUT2D eigenvalue weighted by molar-refractivity contribution is -0.124. The summed E-state index contributed by atoms with van der Waals surface area (Å²) in [5, 5.41) is 3.34. The summed E-state index contributed by atoms with van der Waals surface area (Å²) in [5.41, 5.74) is 1.51. The number of esters is 1. The van der Waals surface area contributed by atoms with Crippen molar-refractivity contribution < 1.29 is 22.7 Å². The second-order valence-electron chi connectivity index (χ2n) is 6.98. The number of aryl methyl sites for hydroxylation is 1. The maximum absolute atomic E-state index is 12.7. The van der Waals surface area contributed by atoms with Crippen LogP contribution in [0.4, 0.5) is 0 Å². The van der Waals surface area contributed by atoms with Gasteiger partial charge < -0.3 is 10.1 Å². The third kappa shape index (κ3) is 6.29. The van der Waals surface area contributed by atoms with Crippen molar-refractivity contribution >= 4 is 33.5 Å². The molecular formula is C22H27ClN2O5S. The molecule has 1 unspecified atom stereocenters. The molecular weight excluding hydrogens is 440 g/mol. The molecule has 0 spiro atoms. The van der Waals surface area contributed by atoms with E-state index in [-0.39, 0.29) is 16.5 Å². The number of hydrogen-bond donors (Lipinski definition) is 1. The standard InChI is InChI=1S/C22H27ClN2O5S/c1-5-25(6-2)31(28,29)19-12-7-15(3)20(13-19)22(27)30-14-21(26)24-16(4)17-8-10-18(23)11-9-17/h7-13,16H,5-6,14H2,1-4H3,(H,24,26). The van der Waals surface area contributed by atoms with Crippen LogP contribution in [0.25, 0.3) is 0 Å². The summed E-state index contributed by atoms with van der Waals surface area (Å²) in [7, 11) is -3.72. The molecule has 31 heavy (non-hydrogen) atoms. The Hall–Kier alpha value is -2.42. The Morgan fingerprint density at radius 1 is 1.10 bits per heavy atom. The molecule has 0 saturated carbocycles. The van der Waals surface area contributed by atoms with Crippen LogP contribution in [0.1, 0.15) is 48.3 Å². The van der Waals surface area contributed by atoms with Crippen molar-refractivity contribution in [1.29, 1.82) is 0 Å². The van der Waals surface area contributed by atoms with E-state index >= 15 is 0 Å². The van der Waals surface area contributed by atoms with Crippen molar-refractivity contribution in [3.8, 4) is 0 Å². The van der Waals surface area contributed by atoms with Crippen molar-refractivity contribution in [1.82, 2.24) is 9.62 Å². The first kappa shape index (κ1) is 24.8. The number of carbonyl (C=O) groups is 2. The van der Waals surface area contributed by atoms with Crippen LogP contribution >= 0.6 is 11.6 Å². The second kappa shape index (κ2) is 10.7. The summed E-state index contributed by atoms with van der Waals surface area (Å²) in [6, 6.07) is 11.0. The zero-order chi connectivity index (χ0) is 23.2. The van der Waals surface area contributed by atoms with E-state index in [0.717, 1.165) is 5.56 Å². The first-order valence-corrected chi connectivity index (χ1v) is 11.7. The maximum atomic E-state index is 12.7. The monoisotopic (exact) mass is 466 g/mol. The van der Waals surface area contributed by atoms with Crippen LogP contribution in [-0.4, -0.2) is 44.3 Å². The Morgan fingerprint density at radius 2 is 1.71 bits per heavy atom. The van der Waals surface area contributed by atoms with E-state index in [1.807, 2.05) is 0 Å². The van der Waals surface area contributed by atoms with Gasteiger partial charge in [-0.3, -0.25) is 4.79 Å². The zero-order valence-corrected chi connectivity index (χ0v) is 19.6. The highest BCUT2D eigenvalue weighted by atomic mass is 35.5. The highest BCUT2D eigenvalue weighted by Gasteiger charge is 2.24. The Balaban J connectivity index is 2.06. The number of halogens is 1. The molecule has 0 bridgehead atoms. The SMILES string of the molecule is CCN(CC)S(=O)(=O)c1ccc(C)c(C(=O)OCC(=O)NC(C)c2ccc(Cl)cc2)c1. The lowest BCUT2D eigenvalue weighted by atomic mass is 10.1. The fourth-order valence-corrected chi connectivity index (χ4v) is 4.63. The normalized spacial score (nSPS) is 12.5. The zero-order valence-electron chi connectivity index (χ0n) is 18.0. The molecule has 0 saturated heterocycles. The van der Waals surface area contributed by atoms with Gasteiger partial charge >= 0.3 is 5.97 Å². The van der Waals surface area contributed by atoms with E-state index in [0.29, 0.717) is 23.7 Å². The molecule has 0 aliphatic heterocycles. The molecule has 9 heteroatoms. The number of nitrogens with zero attached hydrogens (tertiary/aromatic N) is 1. The van der Waals surface area contributed by atoms with E-state index in [9.17, 15) is 18.0 Å². The van der Waals surface area contributed by atoms with Gasteiger partial charge in [0.15, 0.2) is 6.61 Å². The van der Waals surface area contributed by atoms with Gasteiger partial charge in [-0.25, -0.2) is 13.2 Å². The highest BCUT2D eigenvalue weighted by molar-refractivity contribution is 7.89. The summed E-state index contributed by atoms with van der Waals surface area (Å²) >= 11 is 5.87. The molecule has 0 aliphatic carbocycles. The van der Waals surface area contributed by atoms with Crippen LogP contribution in [0.15, 0.2) is 47.4 Å². The average molecular weight is 467 g/mol. The maximum Gasteiger partial charge on any atom is 0.338 e. The van der Waals surface area contributed by atoms with Gasteiger partial charge in [0.2, 0.25) is 10.0 Å². The molecule has 2 aromatic rings. The fourth-order valence-electron chi connectivity index (χ4n) is 3.02.